The van der Waals surface area contributed by atoms with Crippen molar-refractivity contribution in [1.82, 2.24) is 0 Å². The lowest BCUT2D eigenvalue weighted by Crippen LogP contribution is -2.37. The van der Waals surface area contributed by atoms with Crippen LogP contribution in [-0.4, -0.2) is 6.04 Å². The van der Waals surface area contributed by atoms with E-state index in [9.17, 15) is 4.39 Å². The quantitative estimate of drug-likeness (QED) is 0.854. The molecule has 3 heteroatoms. The highest BCUT2D eigenvalue weighted by atomic mass is 79.9. The van der Waals surface area contributed by atoms with Crippen molar-refractivity contribution in [3.05, 3.63) is 34.1 Å². The molecule has 0 radical (unpaired) electrons. The van der Waals surface area contributed by atoms with Crippen LogP contribution in [0.5, 0.6) is 0 Å². The van der Waals surface area contributed by atoms with Gasteiger partial charge in [-0.05, 0) is 61.3 Å². The lowest BCUT2D eigenvalue weighted by molar-refractivity contribution is 0.221. The third-order valence-corrected chi connectivity index (χ3v) is 4.72. The molecule has 3 unspecified atom stereocenters. The van der Waals surface area contributed by atoms with Crippen molar-refractivity contribution in [3.8, 4) is 0 Å². The lowest BCUT2D eigenvalue weighted by Gasteiger charge is -2.34. The van der Waals surface area contributed by atoms with Crippen LogP contribution in [0.25, 0.3) is 0 Å². The fraction of sp³-hybridized carbons (Fsp3) is 0.625. The zero-order valence-electron chi connectivity index (χ0n) is 11.5. The molecule has 0 bridgehead atoms. The molecule has 0 spiro atoms. The summed E-state index contributed by atoms with van der Waals surface area (Å²) < 4.78 is 14.2. The number of halogens is 2. The average molecular weight is 328 g/mol. The Morgan fingerprint density at radius 1 is 1.32 bits per heavy atom. The molecule has 1 aromatic carbocycles. The summed E-state index contributed by atoms with van der Waals surface area (Å²) in [7, 11) is 0. The number of rotatable bonds is 4. The van der Waals surface area contributed by atoms with E-state index in [4.69, 9.17) is 5.73 Å². The van der Waals surface area contributed by atoms with Crippen molar-refractivity contribution in [2.75, 3.05) is 0 Å². The zero-order valence-corrected chi connectivity index (χ0v) is 13.1. The van der Waals surface area contributed by atoms with Gasteiger partial charge < -0.3 is 5.73 Å². The highest BCUT2D eigenvalue weighted by Gasteiger charge is 2.27. The molecule has 2 rings (SSSR count). The Hall–Kier alpha value is -0.410. The van der Waals surface area contributed by atoms with E-state index in [0.717, 1.165) is 28.8 Å². The second-order valence-corrected chi connectivity index (χ2v) is 6.79. The molecule has 19 heavy (non-hydrogen) atoms. The maximum absolute atomic E-state index is 13.4. The largest absolute Gasteiger partial charge is 0.327 e. The van der Waals surface area contributed by atoms with Crippen LogP contribution in [0.1, 0.15) is 44.6 Å². The minimum absolute atomic E-state index is 0.168. The Morgan fingerprint density at radius 3 is 2.79 bits per heavy atom. The van der Waals surface area contributed by atoms with E-state index in [1.807, 2.05) is 6.07 Å². The van der Waals surface area contributed by atoms with Crippen molar-refractivity contribution in [3.63, 3.8) is 0 Å². The van der Waals surface area contributed by atoms with E-state index < -0.39 is 0 Å². The summed E-state index contributed by atoms with van der Waals surface area (Å²) in [5, 5.41) is 0. The predicted octanol–water partition coefficient (Wildman–Crippen LogP) is 4.67. The Kier molecular flexibility index (Phi) is 5.40. The van der Waals surface area contributed by atoms with Crippen LogP contribution < -0.4 is 5.73 Å². The summed E-state index contributed by atoms with van der Waals surface area (Å²) >= 11 is 3.36. The second kappa shape index (κ2) is 6.85. The van der Waals surface area contributed by atoms with Gasteiger partial charge in [0.15, 0.2) is 0 Å². The van der Waals surface area contributed by atoms with Gasteiger partial charge in [-0.2, -0.15) is 0 Å². The molecule has 0 heterocycles. The normalized spacial score (nSPS) is 27.5. The number of hydrogen-bond acceptors (Lipinski definition) is 1. The molecule has 1 saturated carbocycles. The van der Waals surface area contributed by atoms with E-state index in [1.54, 1.807) is 6.07 Å². The second-order valence-electron chi connectivity index (χ2n) is 5.87. The molecule has 0 saturated heterocycles. The third-order valence-electron chi connectivity index (χ3n) is 4.27. The number of nitrogens with two attached hydrogens (primary N) is 1. The summed E-state index contributed by atoms with van der Waals surface area (Å²) in [4.78, 5) is 0. The topological polar surface area (TPSA) is 26.0 Å². The van der Waals surface area contributed by atoms with Gasteiger partial charge in [-0.25, -0.2) is 4.39 Å². The molecule has 0 aromatic heterocycles. The average Bonchev–Trinajstić information content (AvgIpc) is 2.32. The number of benzene rings is 1. The lowest BCUT2D eigenvalue weighted by atomic mass is 9.74. The van der Waals surface area contributed by atoms with E-state index in [1.165, 1.54) is 31.7 Å². The summed E-state index contributed by atoms with van der Waals surface area (Å²) in [6.07, 6.45) is 7.03. The van der Waals surface area contributed by atoms with Gasteiger partial charge >= 0.3 is 0 Å². The van der Waals surface area contributed by atoms with E-state index >= 15 is 0 Å². The first-order chi connectivity index (χ1) is 9.08. The first-order valence-electron chi connectivity index (χ1n) is 7.29. The monoisotopic (exact) mass is 327 g/mol. The Morgan fingerprint density at radius 2 is 2.11 bits per heavy atom. The van der Waals surface area contributed by atoms with Crippen molar-refractivity contribution in [2.24, 2.45) is 17.6 Å². The predicted molar refractivity (Wildman–Crippen MR) is 81.5 cm³/mol. The van der Waals surface area contributed by atoms with Crippen LogP contribution >= 0.6 is 15.9 Å². The van der Waals surface area contributed by atoms with Crippen LogP contribution in [0.15, 0.2) is 22.7 Å². The molecule has 1 aliphatic carbocycles. The summed E-state index contributed by atoms with van der Waals surface area (Å²) in [5.41, 5.74) is 7.32. The first-order valence-corrected chi connectivity index (χ1v) is 8.08. The fourth-order valence-electron chi connectivity index (χ4n) is 3.32. The van der Waals surface area contributed by atoms with Crippen LogP contribution in [0, 0.1) is 17.7 Å². The highest BCUT2D eigenvalue weighted by Crippen LogP contribution is 2.33. The molecule has 1 aliphatic rings. The Labute approximate surface area is 123 Å². The molecular weight excluding hydrogens is 305 g/mol. The highest BCUT2D eigenvalue weighted by molar-refractivity contribution is 9.10. The van der Waals surface area contributed by atoms with E-state index in [2.05, 4.69) is 22.9 Å². The van der Waals surface area contributed by atoms with E-state index in [-0.39, 0.29) is 11.9 Å². The fourth-order valence-corrected chi connectivity index (χ4v) is 3.83. The zero-order chi connectivity index (χ0) is 13.8. The van der Waals surface area contributed by atoms with Crippen molar-refractivity contribution in [2.45, 2.75) is 51.5 Å². The van der Waals surface area contributed by atoms with Crippen molar-refractivity contribution in [1.29, 1.82) is 0 Å². The van der Waals surface area contributed by atoms with Gasteiger partial charge in [0, 0.05) is 10.5 Å². The van der Waals surface area contributed by atoms with Crippen molar-refractivity contribution < 1.29 is 4.39 Å². The standard InChI is InChI=1S/C16H23BrFN/c1-2-3-11-4-5-16(19)13(6-11)7-12-8-14(17)10-15(18)9-12/h8-11,13,16H,2-7,19H2,1H3. The summed E-state index contributed by atoms with van der Waals surface area (Å²) in [6.45, 7) is 2.24. The van der Waals surface area contributed by atoms with Gasteiger partial charge in [-0.15, -0.1) is 0 Å². The molecule has 1 nitrogen and oxygen atoms in total. The SMILES string of the molecule is CCCC1CCC(N)C(Cc2cc(F)cc(Br)c2)C1. The van der Waals surface area contributed by atoms with E-state index in [0.29, 0.717) is 5.92 Å². The van der Waals surface area contributed by atoms with Crippen LogP contribution in [-0.2, 0) is 6.42 Å². The maximum atomic E-state index is 13.4. The van der Waals surface area contributed by atoms with Gasteiger partial charge in [0.25, 0.3) is 0 Å². The van der Waals surface area contributed by atoms with Crippen LogP contribution in [0.4, 0.5) is 4.39 Å². The van der Waals surface area contributed by atoms with Gasteiger partial charge in [0.1, 0.15) is 5.82 Å². The Balaban J connectivity index is 2.03. The molecule has 1 fully saturated rings. The molecule has 0 amide bonds. The Bertz CT molecular complexity index is 401. The van der Waals surface area contributed by atoms with Crippen LogP contribution in [0.2, 0.25) is 0 Å². The minimum Gasteiger partial charge on any atom is -0.327 e. The third kappa shape index (κ3) is 4.28. The van der Waals surface area contributed by atoms with Gasteiger partial charge in [0.2, 0.25) is 0 Å². The van der Waals surface area contributed by atoms with Crippen LogP contribution in [0.3, 0.4) is 0 Å². The minimum atomic E-state index is -0.168. The smallest absolute Gasteiger partial charge is 0.124 e. The molecule has 106 valence electrons. The van der Waals surface area contributed by atoms with Gasteiger partial charge in [0.05, 0.1) is 0 Å². The molecule has 3 atom stereocenters. The first kappa shape index (κ1) is 15.0. The van der Waals surface area contributed by atoms with Crippen molar-refractivity contribution >= 4 is 15.9 Å². The molecule has 2 N–H and O–H groups in total. The van der Waals surface area contributed by atoms with Gasteiger partial charge in [-0.1, -0.05) is 35.7 Å². The number of hydrogen-bond donors (Lipinski definition) is 1. The maximum Gasteiger partial charge on any atom is 0.124 e. The molecular formula is C16H23BrFN. The summed E-state index contributed by atoms with van der Waals surface area (Å²) in [5.74, 6) is 1.14. The van der Waals surface area contributed by atoms with Gasteiger partial charge in [-0.3, -0.25) is 0 Å². The molecule has 1 aromatic rings. The molecule has 0 aliphatic heterocycles. The summed E-state index contributed by atoms with van der Waals surface area (Å²) in [6, 6.07) is 5.43.